The van der Waals surface area contributed by atoms with E-state index in [-0.39, 0.29) is 25.6 Å². The number of quaternary nitrogens is 1. The van der Waals surface area contributed by atoms with E-state index in [0.717, 1.165) is 59.0 Å². The lowest BCUT2D eigenvalue weighted by Gasteiger charge is -2.51. The average Bonchev–Trinajstić information content (AvgIpc) is 3.55. The van der Waals surface area contributed by atoms with Crippen molar-refractivity contribution in [3.05, 3.63) is 81.9 Å². The second kappa shape index (κ2) is 7.65. The lowest BCUT2D eigenvalue weighted by molar-refractivity contribution is -0.985. The van der Waals surface area contributed by atoms with Gasteiger partial charge in [0.05, 0.1) is 24.8 Å². The van der Waals surface area contributed by atoms with E-state index in [2.05, 4.69) is 24.3 Å². The van der Waals surface area contributed by atoms with Crippen LogP contribution in [0.25, 0.3) is 0 Å². The topological polar surface area (TPSA) is 63.2 Å². The van der Waals surface area contributed by atoms with Crippen molar-refractivity contribution in [1.82, 2.24) is 0 Å². The molecule has 0 aromatic heterocycles. The first kappa shape index (κ1) is 20.6. The van der Waals surface area contributed by atoms with Crippen LogP contribution in [0.15, 0.2) is 48.5 Å². The summed E-state index contributed by atoms with van der Waals surface area (Å²) in [5.74, 6) is 3.04. The predicted octanol–water partition coefficient (Wildman–Crippen LogP) is 4.30. The maximum absolute atomic E-state index is 12.6. The number of esters is 1. The number of fused-ring (bicyclic) bond motifs is 7. The number of carbonyl (C=O) groups is 1. The maximum Gasteiger partial charge on any atom is 0.338 e. The van der Waals surface area contributed by atoms with Gasteiger partial charge < -0.3 is 28.2 Å². The molecule has 0 aliphatic carbocycles. The molecule has 4 heterocycles. The summed E-state index contributed by atoms with van der Waals surface area (Å²) in [4.78, 5) is 12.6. The molecule has 0 amide bonds. The molecule has 4 aliphatic rings. The van der Waals surface area contributed by atoms with E-state index >= 15 is 0 Å². The van der Waals surface area contributed by atoms with Gasteiger partial charge in [0.2, 0.25) is 13.6 Å². The molecule has 3 aromatic rings. The third-order valence-electron chi connectivity index (χ3n) is 8.01. The number of carbonyl (C=O) groups excluding carboxylic acids is 1. The van der Waals surface area contributed by atoms with Crippen LogP contribution in [0, 0.1) is 0 Å². The van der Waals surface area contributed by atoms with Crippen molar-refractivity contribution in [3.63, 3.8) is 0 Å². The summed E-state index contributed by atoms with van der Waals surface area (Å²) in [7, 11) is 1.44. The zero-order valence-corrected chi connectivity index (χ0v) is 19.5. The molecule has 0 bridgehead atoms. The molecule has 4 aliphatic heterocycles. The van der Waals surface area contributed by atoms with Gasteiger partial charge in [-0.2, -0.15) is 0 Å². The Bertz CT molecular complexity index is 1370. The van der Waals surface area contributed by atoms with Crippen molar-refractivity contribution < 1.29 is 33.0 Å². The van der Waals surface area contributed by atoms with Crippen LogP contribution in [0.2, 0.25) is 0 Å². The molecule has 0 fully saturated rings. The standard InChI is InChI=1S/C28H26NO6/c1-31-28(30)20-5-3-2-4-19(20)13-29-9-8-18-11-25-26(34-15-33-25)12-21(18)23(29)10-17-6-7-24-27(22(17)14-29)35-16-32-24/h2-7,11-12,23H,8-10,13-16H2,1H3/q+1. The molecule has 0 saturated carbocycles. The van der Waals surface area contributed by atoms with Crippen molar-refractivity contribution in [3.8, 4) is 23.0 Å². The Labute approximate surface area is 203 Å². The van der Waals surface area contributed by atoms with E-state index in [1.165, 1.54) is 29.4 Å². The minimum absolute atomic E-state index is 0.215. The summed E-state index contributed by atoms with van der Waals surface area (Å²) >= 11 is 0. The van der Waals surface area contributed by atoms with Gasteiger partial charge >= 0.3 is 5.97 Å². The number of hydrogen-bond acceptors (Lipinski definition) is 6. The number of methoxy groups -OCH3 is 1. The lowest BCUT2D eigenvalue weighted by atomic mass is 9.80. The first-order valence-corrected chi connectivity index (χ1v) is 12.0. The van der Waals surface area contributed by atoms with Gasteiger partial charge in [0.1, 0.15) is 19.1 Å². The zero-order valence-electron chi connectivity index (χ0n) is 19.5. The van der Waals surface area contributed by atoms with Gasteiger partial charge in [0, 0.05) is 24.0 Å². The van der Waals surface area contributed by atoms with Crippen LogP contribution in [0.3, 0.4) is 0 Å². The molecule has 0 spiro atoms. The van der Waals surface area contributed by atoms with Crippen molar-refractivity contribution in [2.75, 3.05) is 27.2 Å². The number of rotatable bonds is 3. The number of ether oxygens (including phenoxy) is 5. The highest BCUT2D eigenvalue weighted by molar-refractivity contribution is 5.90. The van der Waals surface area contributed by atoms with Crippen molar-refractivity contribution in [2.45, 2.75) is 32.0 Å². The molecule has 35 heavy (non-hydrogen) atoms. The van der Waals surface area contributed by atoms with Crippen molar-refractivity contribution in [2.24, 2.45) is 0 Å². The molecule has 0 radical (unpaired) electrons. The Kier molecular flexibility index (Phi) is 4.51. The summed E-state index contributed by atoms with van der Waals surface area (Å²) < 4.78 is 29.0. The highest BCUT2D eigenvalue weighted by Gasteiger charge is 2.48. The first-order valence-electron chi connectivity index (χ1n) is 12.0. The van der Waals surface area contributed by atoms with Gasteiger partial charge in [-0.3, -0.25) is 0 Å². The molecule has 2 unspecified atom stereocenters. The minimum atomic E-state index is -0.300. The van der Waals surface area contributed by atoms with Crippen LogP contribution in [0.5, 0.6) is 23.0 Å². The molecule has 7 heteroatoms. The third-order valence-corrected chi connectivity index (χ3v) is 8.01. The number of hydrogen-bond donors (Lipinski definition) is 0. The van der Waals surface area contributed by atoms with E-state index in [0.29, 0.717) is 12.1 Å². The van der Waals surface area contributed by atoms with Crippen molar-refractivity contribution >= 4 is 5.97 Å². The predicted molar refractivity (Wildman–Crippen MR) is 126 cm³/mol. The van der Waals surface area contributed by atoms with Gasteiger partial charge in [-0.1, -0.05) is 24.3 Å². The van der Waals surface area contributed by atoms with Crippen LogP contribution in [-0.4, -0.2) is 37.7 Å². The van der Waals surface area contributed by atoms with Gasteiger partial charge in [-0.15, -0.1) is 0 Å². The largest absolute Gasteiger partial charge is 0.465 e. The molecule has 0 saturated heterocycles. The summed E-state index contributed by atoms with van der Waals surface area (Å²) in [6, 6.07) is 16.6. The summed E-state index contributed by atoms with van der Waals surface area (Å²) in [6.45, 7) is 2.98. The minimum Gasteiger partial charge on any atom is -0.465 e. The average molecular weight is 473 g/mol. The monoisotopic (exact) mass is 472 g/mol. The van der Waals surface area contributed by atoms with E-state index < -0.39 is 0 Å². The fourth-order valence-electron chi connectivity index (χ4n) is 6.32. The number of nitrogens with zero attached hydrogens (tertiary/aromatic N) is 1. The first-order chi connectivity index (χ1) is 17.1. The third kappa shape index (κ3) is 3.11. The van der Waals surface area contributed by atoms with Gasteiger partial charge in [-0.25, -0.2) is 4.79 Å². The van der Waals surface area contributed by atoms with Gasteiger partial charge in [-0.05, 0) is 35.4 Å². The van der Waals surface area contributed by atoms with Gasteiger partial charge in [0.15, 0.2) is 23.0 Å². The maximum atomic E-state index is 12.6. The second-order valence-electron chi connectivity index (χ2n) is 9.72. The second-order valence-corrected chi connectivity index (χ2v) is 9.72. The molecule has 0 N–H and O–H groups in total. The number of benzene rings is 3. The van der Waals surface area contributed by atoms with Crippen LogP contribution in [0.4, 0.5) is 0 Å². The van der Waals surface area contributed by atoms with Crippen LogP contribution >= 0.6 is 0 Å². The van der Waals surface area contributed by atoms with E-state index in [9.17, 15) is 4.79 Å². The Morgan fingerprint density at radius 2 is 1.77 bits per heavy atom. The van der Waals surface area contributed by atoms with Crippen LogP contribution in [-0.2, 0) is 30.7 Å². The Morgan fingerprint density at radius 1 is 0.971 bits per heavy atom. The molecular formula is C28H26NO6+. The Balaban J connectivity index is 1.39. The highest BCUT2D eigenvalue weighted by Crippen LogP contribution is 2.52. The summed E-state index contributed by atoms with van der Waals surface area (Å²) in [6.07, 6.45) is 1.80. The van der Waals surface area contributed by atoms with Gasteiger partial charge in [0.25, 0.3) is 0 Å². The quantitative estimate of drug-likeness (QED) is 0.418. The Morgan fingerprint density at radius 3 is 2.66 bits per heavy atom. The van der Waals surface area contributed by atoms with E-state index in [4.69, 9.17) is 23.7 Å². The smallest absolute Gasteiger partial charge is 0.338 e. The molecule has 3 aromatic carbocycles. The van der Waals surface area contributed by atoms with Crippen LogP contribution < -0.4 is 18.9 Å². The molecule has 178 valence electrons. The molecule has 7 nitrogen and oxygen atoms in total. The fraction of sp³-hybridized carbons (Fsp3) is 0.321. The fourth-order valence-corrected chi connectivity index (χ4v) is 6.32. The molecule has 7 rings (SSSR count). The SMILES string of the molecule is COC(=O)c1ccccc1C[N+]12CCc3cc4c(cc3C1Cc1ccc3c(c1C2)OCO3)OCO4. The normalized spacial score (nSPS) is 22.7. The van der Waals surface area contributed by atoms with E-state index in [1.807, 2.05) is 24.3 Å². The summed E-state index contributed by atoms with van der Waals surface area (Å²) in [5, 5.41) is 0. The van der Waals surface area contributed by atoms with Crippen molar-refractivity contribution in [1.29, 1.82) is 0 Å². The molecular weight excluding hydrogens is 446 g/mol. The lowest BCUT2D eigenvalue weighted by Crippen LogP contribution is -2.56. The van der Waals surface area contributed by atoms with E-state index in [1.54, 1.807) is 0 Å². The highest BCUT2D eigenvalue weighted by atomic mass is 16.7. The Hall–Kier alpha value is -3.71. The molecule has 2 atom stereocenters. The van der Waals surface area contributed by atoms with Crippen LogP contribution in [0.1, 0.15) is 44.2 Å². The summed E-state index contributed by atoms with van der Waals surface area (Å²) in [5.41, 5.74) is 6.76. The zero-order chi connectivity index (χ0) is 23.6.